The summed E-state index contributed by atoms with van der Waals surface area (Å²) in [6.45, 7) is -0.552. The number of hydroxylamine groups is 2. The van der Waals surface area contributed by atoms with Crippen molar-refractivity contribution < 1.29 is 36.4 Å². The van der Waals surface area contributed by atoms with Crippen LogP contribution in [0.25, 0.3) is 0 Å². The average molecular weight is 430 g/mol. The van der Waals surface area contributed by atoms with Crippen molar-refractivity contribution in [3.05, 3.63) is 18.2 Å². The Morgan fingerprint density at radius 1 is 1.34 bits per heavy atom. The number of urea groups is 1. The third-order valence-corrected chi connectivity index (χ3v) is 4.89. The van der Waals surface area contributed by atoms with Crippen LogP contribution in [0.4, 0.5) is 4.79 Å². The maximum Gasteiger partial charge on any atom is 0.418 e. The standard InChI is InChI=1S/C14H18N6O8S/c15-11(22)12-16-3-4-18(12)7-9(21)5-17-13(23)10-2-1-8-6-19(10)14(24)20(8)28-29(25,26)27/h3-4,8,10H,1-2,5-7H2,(H2,15,22)(H,17,23)(H,25,26,27)/t8-,10+/m1/s1. The van der Waals surface area contributed by atoms with Gasteiger partial charge in [0.25, 0.3) is 5.91 Å². The summed E-state index contributed by atoms with van der Waals surface area (Å²) in [5, 5.41) is 2.95. The summed E-state index contributed by atoms with van der Waals surface area (Å²) in [6, 6.07) is -2.42. The topological polar surface area (TPSA) is 194 Å². The van der Waals surface area contributed by atoms with Crippen LogP contribution in [0, 0.1) is 0 Å². The molecule has 3 heterocycles. The second kappa shape index (κ2) is 7.76. The van der Waals surface area contributed by atoms with Gasteiger partial charge in [0.05, 0.1) is 19.1 Å². The summed E-state index contributed by atoms with van der Waals surface area (Å²) in [5.41, 5.74) is 5.14. The minimum absolute atomic E-state index is 0.0391. The molecule has 4 N–H and O–H groups in total. The zero-order chi connectivity index (χ0) is 21.3. The van der Waals surface area contributed by atoms with Gasteiger partial charge in [0.2, 0.25) is 5.91 Å². The van der Waals surface area contributed by atoms with Crippen molar-refractivity contribution in [1.29, 1.82) is 0 Å². The quantitative estimate of drug-likeness (QED) is 0.379. The predicted octanol–water partition coefficient (Wildman–Crippen LogP) is -2.33. The van der Waals surface area contributed by atoms with E-state index in [2.05, 4.69) is 14.6 Å². The van der Waals surface area contributed by atoms with Gasteiger partial charge in [0.15, 0.2) is 11.6 Å². The molecule has 0 aliphatic carbocycles. The number of ketones is 1. The fraction of sp³-hybridized carbons (Fsp3) is 0.500. The maximum absolute atomic E-state index is 12.4. The van der Waals surface area contributed by atoms with Gasteiger partial charge < -0.3 is 20.5 Å². The first kappa shape index (κ1) is 20.7. The Labute approximate surface area is 164 Å². The molecule has 0 unspecified atom stereocenters. The summed E-state index contributed by atoms with van der Waals surface area (Å²) in [6.07, 6.45) is 3.19. The summed E-state index contributed by atoms with van der Waals surface area (Å²) in [4.78, 5) is 52.8. The number of carbonyl (C=O) groups is 4. The van der Waals surface area contributed by atoms with Crippen molar-refractivity contribution in [3.63, 3.8) is 0 Å². The number of hydrogen-bond donors (Lipinski definition) is 3. The van der Waals surface area contributed by atoms with Crippen molar-refractivity contribution in [2.45, 2.75) is 31.5 Å². The molecular formula is C14H18N6O8S. The highest BCUT2D eigenvalue weighted by Gasteiger charge is 2.49. The number of nitrogens with one attached hydrogen (secondary N) is 1. The second-order valence-corrected chi connectivity index (χ2v) is 7.51. The molecule has 0 spiro atoms. The Bertz CT molecular complexity index is 959. The minimum Gasteiger partial charge on any atom is -0.363 e. The van der Waals surface area contributed by atoms with E-state index >= 15 is 0 Å². The lowest BCUT2D eigenvalue weighted by Crippen LogP contribution is -2.50. The molecule has 2 saturated heterocycles. The molecular weight excluding hydrogens is 412 g/mol. The smallest absolute Gasteiger partial charge is 0.363 e. The van der Waals surface area contributed by atoms with E-state index in [-0.39, 0.29) is 38.3 Å². The lowest BCUT2D eigenvalue weighted by atomic mass is 10.0. The van der Waals surface area contributed by atoms with E-state index < -0.39 is 46.1 Å². The van der Waals surface area contributed by atoms with Crippen molar-refractivity contribution in [3.8, 4) is 0 Å². The fourth-order valence-corrected chi connectivity index (χ4v) is 3.70. The van der Waals surface area contributed by atoms with Crippen molar-refractivity contribution in [2.75, 3.05) is 13.1 Å². The lowest BCUT2D eigenvalue weighted by Gasteiger charge is -2.29. The van der Waals surface area contributed by atoms with E-state index in [0.717, 1.165) is 4.90 Å². The zero-order valence-electron chi connectivity index (χ0n) is 14.9. The average Bonchev–Trinajstić information content (AvgIpc) is 3.18. The number of imidazole rings is 1. The van der Waals surface area contributed by atoms with Gasteiger partial charge in [-0.2, -0.15) is 13.5 Å². The third kappa shape index (κ3) is 4.52. The molecule has 158 valence electrons. The molecule has 0 aromatic carbocycles. The van der Waals surface area contributed by atoms with Gasteiger partial charge in [0.1, 0.15) is 6.04 Å². The SMILES string of the molecule is NC(=O)c1nccn1CC(=O)CNC(=O)[C@@H]1CC[C@@H]2CN1C(=O)N2OS(=O)(=O)O. The number of piperidine rings is 1. The van der Waals surface area contributed by atoms with Crippen LogP contribution >= 0.6 is 0 Å². The maximum atomic E-state index is 12.4. The predicted molar refractivity (Wildman–Crippen MR) is 92.1 cm³/mol. The Hall–Kier alpha value is -3.04. The van der Waals surface area contributed by atoms with E-state index in [1.54, 1.807) is 0 Å². The second-order valence-electron chi connectivity index (χ2n) is 6.51. The molecule has 29 heavy (non-hydrogen) atoms. The Morgan fingerprint density at radius 2 is 2.07 bits per heavy atom. The molecule has 1 aromatic rings. The van der Waals surface area contributed by atoms with Crippen LogP contribution in [0.3, 0.4) is 0 Å². The highest BCUT2D eigenvalue weighted by Crippen LogP contribution is 2.30. The van der Waals surface area contributed by atoms with Gasteiger partial charge in [-0.15, -0.1) is 4.28 Å². The number of Topliss-reactive ketones (excluding diaryl/α,β-unsaturated/α-hetero) is 1. The number of primary amides is 1. The minimum atomic E-state index is -4.88. The molecule has 3 rings (SSSR count). The molecule has 14 nitrogen and oxygen atoms in total. The fourth-order valence-electron chi connectivity index (χ4n) is 3.32. The normalized spacial score (nSPS) is 21.3. The van der Waals surface area contributed by atoms with Gasteiger partial charge in [-0.1, -0.05) is 0 Å². The number of fused-ring (bicyclic) bond motifs is 2. The molecule has 0 saturated carbocycles. The molecule has 4 amide bonds. The number of amides is 4. The third-order valence-electron chi connectivity index (χ3n) is 4.54. The van der Waals surface area contributed by atoms with Crippen LogP contribution in [0.15, 0.2) is 12.4 Å². The Morgan fingerprint density at radius 3 is 2.72 bits per heavy atom. The van der Waals surface area contributed by atoms with Crippen LogP contribution in [0.1, 0.15) is 23.5 Å². The van der Waals surface area contributed by atoms with Crippen molar-refractivity contribution >= 4 is 34.0 Å². The summed E-state index contributed by atoms with van der Waals surface area (Å²) >= 11 is 0. The number of rotatable bonds is 8. The number of nitrogens with zero attached hydrogens (tertiary/aromatic N) is 4. The summed E-state index contributed by atoms with van der Waals surface area (Å²) in [5.74, 6) is -1.92. The van der Waals surface area contributed by atoms with Gasteiger partial charge in [-0.05, 0) is 12.8 Å². The van der Waals surface area contributed by atoms with E-state index in [0.29, 0.717) is 5.06 Å². The van der Waals surface area contributed by atoms with Gasteiger partial charge >= 0.3 is 16.4 Å². The number of hydrogen-bond acceptors (Lipinski definition) is 8. The molecule has 2 aliphatic heterocycles. The van der Waals surface area contributed by atoms with E-state index in [1.807, 2.05) is 0 Å². The monoisotopic (exact) mass is 430 g/mol. The van der Waals surface area contributed by atoms with Crippen molar-refractivity contribution in [1.82, 2.24) is 24.8 Å². The zero-order valence-corrected chi connectivity index (χ0v) is 15.7. The van der Waals surface area contributed by atoms with E-state index in [1.165, 1.54) is 17.0 Å². The van der Waals surface area contributed by atoms with Crippen molar-refractivity contribution in [2.24, 2.45) is 5.73 Å². The van der Waals surface area contributed by atoms with Gasteiger partial charge in [-0.25, -0.2) is 9.78 Å². The van der Waals surface area contributed by atoms with Crippen LogP contribution in [0.2, 0.25) is 0 Å². The molecule has 2 atom stereocenters. The first-order chi connectivity index (χ1) is 13.6. The van der Waals surface area contributed by atoms with E-state index in [4.69, 9.17) is 10.3 Å². The molecule has 2 bridgehead atoms. The van der Waals surface area contributed by atoms with Crippen LogP contribution < -0.4 is 11.1 Å². The summed E-state index contributed by atoms with van der Waals surface area (Å²) in [7, 11) is -4.88. The van der Waals surface area contributed by atoms with Gasteiger partial charge in [0, 0.05) is 18.9 Å². The first-order valence-electron chi connectivity index (χ1n) is 8.44. The molecule has 0 radical (unpaired) electrons. The van der Waals surface area contributed by atoms with Crippen LogP contribution in [-0.4, -0.2) is 81.3 Å². The highest BCUT2D eigenvalue weighted by molar-refractivity contribution is 7.80. The van der Waals surface area contributed by atoms with Gasteiger partial charge in [-0.3, -0.25) is 18.9 Å². The van der Waals surface area contributed by atoms with Crippen LogP contribution in [-0.2, 0) is 30.8 Å². The molecule has 2 aliphatic rings. The number of nitrogens with two attached hydrogens (primary N) is 1. The van der Waals surface area contributed by atoms with Crippen LogP contribution in [0.5, 0.6) is 0 Å². The number of carbonyl (C=O) groups excluding carboxylic acids is 4. The lowest BCUT2D eigenvalue weighted by molar-refractivity contribution is -0.128. The number of aromatic nitrogens is 2. The molecule has 2 fully saturated rings. The molecule has 15 heteroatoms. The largest absolute Gasteiger partial charge is 0.418 e. The Balaban J connectivity index is 1.56. The van der Waals surface area contributed by atoms with E-state index in [9.17, 15) is 27.6 Å². The highest BCUT2D eigenvalue weighted by atomic mass is 32.3. The first-order valence-corrected chi connectivity index (χ1v) is 9.80. The summed E-state index contributed by atoms with van der Waals surface area (Å²) < 4.78 is 36.1. The molecule has 1 aromatic heterocycles. The Kier molecular flexibility index (Phi) is 5.54.